The molecule has 182 valence electrons. The van der Waals surface area contributed by atoms with Crippen LogP contribution in [0.2, 0.25) is 0 Å². The van der Waals surface area contributed by atoms with Gasteiger partial charge in [0.15, 0.2) is 0 Å². The quantitative estimate of drug-likeness (QED) is 0.198. The molecule has 4 heteroatoms. The van der Waals surface area contributed by atoms with Crippen molar-refractivity contribution in [1.29, 1.82) is 0 Å². The van der Waals surface area contributed by atoms with Gasteiger partial charge in [-0.1, -0.05) is 61.5 Å². The molecular weight excluding hydrogens is 388 g/mol. The standard InChI is InChI=1S/C27H50O4/c1-10-12-23(25(29)31-18-16-22(3)20-27(7,8)9)13-11-14-24(28)30-17-15-21(2)19-26(4,5)6/h10,21-23H,1,11-20H2,2-9H3. The average Bonchev–Trinajstić information content (AvgIpc) is 2.57. The smallest absolute Gasteiger partial charge is 0.309 e. The highest BCUT2D eigenvalue weighted by Crippen LogP contribution is 2.27. The van der Waals surface area contributed by atoms with E-state index in [0.29, 0.717) is 56.1 Å². The molecular formula is C27H50O4. The average molecular weight is 439 g/mol. The maximum atomic E-state index is 12.5. The molecule has 0 amide bonds. The molecule has 0 aromatic heterocycles. The number of rotatable bonds is 15. The molecule has 0 spiro atoms. The van der Waals surface area contributed by atoms with Crippen LogP contribution in [0.5, 0.6) is 0 Å². The second-order valence-electron chi connectivity index (χ2n) is 11.8. The van der Waals surface area contributed by atoms with Gasteiger partial charge in [0.1, 0.15) is 0 Å². The predicted octanol–water partition coefficient (Wildman–Crippen LogP) is 7.36. The molecule has 0 saturated carbocycles. The van der Waals surface area contributed by atoms with Gasteiger partial charge in [-0.05, 0) is 67.6 Å². The fraction of sp³-hybridized carbons (Fsp3) is 0.852. The zero-order valence-corrected chi connectivity index (χ0v) is 21.7. The molecule has 4 nitrogen and oxygen atoms in total. The SMILES string of the molecule is C=CCC(CCCC(=O)OCCC(C)CC(C)(C)C)C(=O)OCCC(C)CC(C)(C)C. The maximum absolute atomic E-state index is 12.5. The fourth-order valence-corrected chi connectivity index (χ4v) is 4.25. The highest BCUT2D eigenvalue weighted by Gasteiger charge is 2.21. The van der Waals surface area contributed by atoms with Gasteiger partial charge in [-0.15, -0.1) is 6.58 Å². The van der Waals surface area contributed by atoms with Crippen LogP contribution in [0.3, 0.4) is 0 Å². The molecule has 0 N–H and O–H groups in total. The number of esters is 2. The Balaban J connectivity index is 4.16. The number of carbonyl (C=O) groups is 2. The molecule has 3 atom stereocenters. The van der Waals surface area contributed by atoms with E-state index < -0.39 is 0 Å². The highest BCUT2D eigenvalue weighted by atomic mass is 16.5. The molecule has 31 heavy (non-hydrogen) atoms. The van der Waals surface area contributed by atoms with Gasteiger partial charge in [-0.3, -0.25) is 9.59 Å². The Morgan fingerprint density at radius 3 is 1.77 bits per heavy atom. The van der Waals surface area contributed by atoms with Crippen molar-refractivity contribution in [2.45, 2.75) is 107 Å². The maximum Gasteiger partial charge on any atom is 0.309 e. The van der Waals surface area contributed by atoms with Crippen molar-refractivity contribution >= 4 is 11.9 Å². The summed E-state index contributed by atoms with van der Waals surface area (Å²) in [6.07, 6.45) is 7.92. The van der Waals surface area contributed by atoms with Crippen LogP contribution in [-0.4, -0.2) is 25.2 Å². The Morgan fingerprint density at radius 2 is 1.32 bits per heavy atom. The third kappa shape index (κ3) is 18.0. The molecule has 0 aliphatic rings. The van der Waals surface area contributed by atoms with Crippen LogP contribution >= 0.6 is 0 Å². The molecule has 0 aromatic rings. The fourth-order valence-electron chi connectivity index (χ4n) is 4.25. The highest BCUT2D eigenvalue weighted by molar-refractivity contribution is 5.73. The van der Waals surface area contributed by atoms with Crippen molar-refractivity contribution in [2.75, 3.05) is 13.2 Å². The summed E-state index contributed by atoms with van der Waals surface area (Å²) in [5.74, 6) is 0.476. The lowest BCUT2D eigenvalue weighted by molar-refractivity contribution is -0.150. The first-order valence-corrected chi connectivity index (χ1v) is 12.2. The minimum Gasteiger partial charge on any atom is -0.466 e. The van der Waals surface area contributed by atoms with E-state index in [1.54, 1.807) is 6.08 Å². The molecule has 0 aliphatic heterocycles. The summed E-state index contributed by atoms with van der Waals surface area (Å²) in [5.41, 5.74) is 0.580. The Morgan fingerprint density at radius 1 is 0.839 bits per heavy atom. The van der Waals surface area contributed by atoms with Crippen LogP contribution in [0.4, 0.5) is 0 Å². The first kappa shape index (κ1) is 29.7. The van der Waals surface area contributed by atoms with Crippen LogP contribution in [0.15, 0.2) is 12.7 Å². The van der Waals surface area contributed by atoms with Crippen LogP contribution in [0, 0.1) is 28.6 Å². The van der Waals surface area contributed by atoms with E-state index in [4.69, 9.17) is 9.47 Å². The van der Waals surface area contributed by atoms with Crippen molar-refractivity contribution in [2.24, 2.45) is 28.6 Å². The topological polar surface area (TPSA) is 52.6 Å². The number of carbonyl (C=O) groups excluding carboxylic acids is 2. The molecule has 0 rings (SSSR count). The van der Waals surface area contributed by atoms with Crippen molar-refractivity contribution in [1.82, 2.24) is 0 Å². The van der Waals surface area contributed by atoms with Gasteiger partial charge in [0, 0.05) is 6.42 Å². The van der Waals surface area contributed by atoms with Crippen molar-refractivity contribution in [3.05, 3.63) is 12.7 Å². The molecule has 0 aromatic carbocycles. The lowest BCUT2D eigenvalue weighted by Gasteiger charge is -2.23. The van der Waals surface area contributed by atoms with Gasteiger partial charge in [0.2, 0.25) is 0 Å². The first-order chi connectivity index (χ1) is 14.2. The molecule has 0 bridgehead atoms. The molecule has 0 radical (unpaired) electrons. The molecule has 0 fully saturated rings. The summed E-state index contributed by atoms with van der Waals surface area (Å²) in [7, 11) is 0. The van der Waals surface area contributed by atoms with E-state index in [1.165, 1.54) is 0 Å². The summed E-state index contributed by atoms with van der Waals surface area (Å²) in [5, 5.41) is 0. The lowest BCUT2D eigenvalue weighted by Crippen LogP contribution is -2.20. The first-order valence-electron chi connectivity index (χ1n) is 12.2. The summed E-state index contributed by atoms with van der Waals surface area (Å²) >= 11 is 0. The van der Waals surface area contributed by atoms with Gasteiger partial charge in [0.25, 0.3) is 0 Å². The molecule has 0 saturated heterocycles. The normalized spacial score (nSPS) is 15.1. The molecule has 0 heterocycles. The number of allylic oxidation sites excluding steroid dienone is 1. The van der Waals surface area contributed by atoms with Gasteiger partial charge in [-0.2, -0.15) is 0 Å². The zero-order valence-electron chi connectivity index (χ0n) is 21.7. The van der Waals surface area contributed by atoms with Crippen LogP contribution in [-0.2, 0) is 19.1 Å². The van der Waals surface area contributed by atoms with Crippen molar-refractivity contribution in [3.63, 3.8) is 0 Å². The predicted molar refractivity (Wildman–Crippen MR) is 130 cm³/mol. The van der Waals surface area contributed by atoms with Crippen LogP contribution < -0.4 is 0 Å². The van der Waals surface area contributed by atoms with Crippen molar-refractivity contribution < 1.29 is 19.1 Å². The van der Waals surface area contributed by atoms with Gasteiger partial charge >= 0.3 is 11.9 Å². The summed E-state index contributed by atoms with van der Waals surface area (Å²) < 4.78 is 10.9. The lowest BCUT2D eigenvalue weighted by atomic mass is 9.84. The van der Waals surface area contributed by atoms with E-state index in [-0.39, 0.29) is 23.3 Å². The monoisotopic (exact) mass is 438 g/mol. The second-order valence-corrected chi connectivity index (χ2v) is 11.8. The Labute approximate surface area is 192 Å². The third-order valence-corrected chi connectivity index (χ3v) is 5.37. The summed E-state index contributed by atoms with van der Waals surface area (Å²) in [4.78, 5) is 24.5. The minimum atomic E-state index is -0.227. The molecule has 3 unspecified atom stereocenters. The second kappa shape index (κ2) is 14.7. The van der Waals surface area contributed by atoms with Crippen LogP contribution in [0.25, 0.3) is 0 Å². The van der Waals surface area contributed by atoms with E-state index in [2.05, 4.69) is 62.0 Å². The number of hydrogen-bond donors (Lipinski definition) is 0. The number of ether oxygens (including phenoxy) is 2. The summed E-state index contributed by atoms with van der Waals surface area (Å²) in [6, 6.07) is 0. The largest absolute Gasteiger partial charge is 0.466 e. The summed E-state index contributed by atoms with van der Waals surface area (Å²) in [6.45, 7) is 22.5. The Kier molecular flexibility index (Phi) is 14.1. The van der Waals surface area contributed by atoms with Crippen LogP contribution in [0.1, 0.15) is 107 Å². The van der Waals surface area contributed by atoms with Crippen molar-refractivity contribution in [3.8, 4) is 0 Å². The van der Waals surface area contributed by atoms with E-state index in [1.807, 2.05) is 0 Å². The van der Waals surface area contributed by atoms with Gasteiger partial charge < -0.3 is 9.47 Å². The Hall–Kier alpha value is -1.32. The minimum absolute atomic E-state index is 0.174. The van der Waals surface area contributed by atoms with E-state index in [9.17, 15) is 9.59 Å². The number of hydrogen-bond acceptors (Lipinski definition) is 4. The van der Waals surface area contributed by atoms with E-state index >= 15 is 0 Å². The van der Waals surface area contributed by atoms with E-state index in [0.717, 1.165) is 25.7 Å². The molecule has 0 aliphatic carbocycles. The zero-order chi connectivity index (χ0) is 24.1. The van der Waals surface area contributed by atoms with Gasteiger partial charge in [-0.25, -0.2) is 0 Å². The van der Waals surface area contributed by atoms with Gasteiger partial charge in [0.05, 0.1) is 19.1 Å². The Bertz CT molecular complexity index is 524. The third-order valence-electron chi connectivity index (χ3n) is 5.37.